The van der Waals surface area contributed by atoms with Gasteiger partial charge in [0.2, 0.25) is 5.52 Å². The fraction of sp³-hybridized carbons (Fsp3) is 0.500. The maximum absolute atomic E-state index is 10.9. The van der Waals surface area contributed by atoms with Gasteiger partial charge >= 0.3 is 5.69 Å². The summed E-state index contributed by atoms with van der Waals surface area (Å²) in [5.74, 6) is 0.378. The second kappa shape index (κ2) is 5.41. The minimum Gasteiger partial charge on any atom is -0.489 e. The molecule has 2 rings (SSSR count). The van der Waals surface area contributed by atoms with Gasteiger partial charge in [0.25, 0.3) is 0 Å². The molecule has 0 aliphatic rings. The van der Waals surface area contributed by atoms with Crippen molar-refractivity contribution in [3.8, 4) is 5.75 Å². The van der Waals surface area contributed by atoms with Gasteiger partial charge in [-0.25, -0.2) is 4.63 Å². The molecule has 0 bridgehead atoms. The molecule has 1 heterocycles. The summed E-state index contributed by atoms with van der Waals surface area (Å²) in [6.07, 6.45) is 1.52. The van der Waals surface area contributed by atoms with Crippen LogP contribution in [0.4, 0.5) is 5.69 Å². The predicted molar refractivity (Wildman–Crippen MR) is 71.5 cm³/mol. The average molecular weight is 280 g/mol. The Morgan fingerprint density at radius 3 is 2.60 bits per heavy atom. The Labute approximate surface area is 115 Å². The first-order valence-electron chi connectivity index (χ1n) is 6.32. The monoisotopic (exact) mass is 280 g/mol. The summed E-state index contributed by atoms with van der Waals surface area (Å²) in [6, 6.07) is 2.80. The molecule has 8 heteroatoms. The van der Waals surface area contributed by atoms with Crippen LogP contribution in [0.2, 0.25) is 0 Å². The molecule has 0 saturated heterocycles. The molecule has 2 N–H and O–H groups in total. The summed E-state index contributed by atoms with van der Waals surface area (Å²) >= 11 is 0. The van der Waals surface area contributed by atoms with E-state index in [0.29, 0.717) is 12.4 Å². The number of hydrogen-bond acceptors (Lipinski definition) is 7. The Hall–Kier alpha value is -2.22. The third kappa shape index (κ3) is 2.55. The van der Waals surface area contributed by atoms with Crippen LogP contribution < -0.4 is 10.5 Å². The fourth-order valence-electron chi connectivity index (χ4n) is 1.77. The number of rotatable bonds is 6. The molecule has 0 aliphatic carbocycles. The predicted octanol–water partition coefficient (Wildman–Crippen LogP) is 2.03. The molecule has 1 aromatic carbocycles. The second-order valence-electron chi connectivity index (χ2n) is 4.66. The molecule has 0 atom stereocenters. The molecular weight excluding hydrogens is 264 g/mol. The molecule has 0 aliphatic heterocycles. The van der Waals surface area contributed by atoms with Crippen LogP contribution in [0, 0.1) is 10.1 Å². The van der Waals surface area contributed by atoms with Gasteiger partial charge < -0.3 is 10.5 Å². The van der Waals surface area contributed by atoms with Crippen LogP contribution in [0.25, 0.3) is 11.0 Å². The first-order valence-corrected chi connectivity index (χ1v) is 6.32. The molecule has 0 fully saturated rings. The molecule has 108 valence electrons. The quantitative estimate of drug-likeness (QED) is 0.635. The van der Waals surface area contributed by atoms with Gasteiger partial charge in [-0.2, -0.15) is 0 Å². The van der Waals surface area contributed by atoms with Gasteiger partial charge in [0.15, 0.2) is 11.3 Å². The Morgan fingerprint density at radius 1 is 1.35 bits per heavy atom. The van der Waals surface area contributed by atoms with Gasteiger partial charge in [-0.15, -0.1) is 0 Å². The molecule has 0 saturated carbocycles. The fourth-order valence-corrected chi connectivity index (χ4v) is 1.77. The molecule has 1 aromatic heterocycles. The second-order valence-corrected chi connectivity index (χ2v) is 4.66. The van der Waals surface area contributed by atoms with Crippen molar-refractivity contribution in [3.63, 3.8) is 0 Å². The minimum atomic E-state index is -0.540. The van der Waals surface area contributed by atoms with E-state index >= 15 is 0 Å². The zero-order chi connectivity index (χ0) is 14.8. The van der Waals surface area contributed by atoms with Crippen LogP contribution in [-0.2, 0) is 0 Å². The van der Waals surface area contributed by atoms with Crippen molar-refractivity contribution in [1.29, 1.82) is 0 Å². The van der Waals surface area contributed by atoms with E-state index in [-0.39, 0.29) is 16.7 Å². The van der Waals surface area contributed by atoms with Gasteiger partial charge in [0, 0.05) is 11.6 Å². The molecule has 2 aromatic rings. The Kier molecular flexibility index (Phi) is 3.84. The lowest BCUT2D eigenvalue weighted by molar-refractivity contribution is -0.383. The van der Waals surface area contributed by atoms with E-state index < -0.39 is 10.5 Å². The highest BCUT2D eigenvalue weighted by atomic mass is 16.6. The third-order valence-corrected chi connectivity index (χ3v) is 3.48. The van der Waals surface area contributed by atoms with E-state index in [9.17, 15) is 10.1 Å². The number of fused-ring (bicyclic) bond motifs is 1. The van der Waals surface area contributed by atoms with E-state index in [2.05, 4.69) is 14.9 Å². The topological polar surface area (TPSA) is 117 Å². The summed E-state index contributed by atoms with van der Waals surface area (Å²) < 4.78 is 10.2. The van der Waals surface area contributed by atoms with Crippen LogP contribution in [0.15, 0.2) is 16.8 Å². The first kappa shape index (κ1) is 14.2. The summed E-state index contributed by atoms with van der Waals surface area (Å²) in [4.78, 5) is 10.3. The number of hydrogen-bond donors (Lipinski definition) is 1. The van der Waals surface area contributed by atoms with E-state index in [1.807, 2.05) is 13.8 Å². The van der Waals surface area contributed by atoms with Gasteiger partial charge in [0.1, 0.15) is 6.61 Å². The van der Waals surface area contributed by atoms with Crippen LogP contribution in [0.3, 0.4) is 0 Å². The number of nitro groups is 1. The van der Waals surface area contributed by atoms with Crippen molar-refractivity contribution in [2.24, 2.45) is 5.73 Å². The lowest BCUT2D eigenvalue weighted by Gasteiger charge is -2.26. The summed E-state index contributed by atoms with van der Waals surface area (Å²) in [6.45, 7) is 4.26. The SMILES string of the molecule is CCC(N)(CC)COc1ccc([N+](=O)[O-])c2nonc12. The minimum absolute atomic E-state index is 0.0723. The Balaban J connectivity index is 2.30. The number of aromatic nitrogens is 2. The smallest absolute Gasteiger partial charge is 0.301 e. The van der Waals surface area contributed by atoms with Crippen molar-refractivity contribution in [2.75, 3.05) is 6.61 Å². The van der Waals surface area contributed by atoms with Gasteiger partial charge in [-0.3, -0.25) is 10.1 Å². The molecule has 0 spiro atoms. The Morgan fingerprint density at radius 2 is 2.00 bits per heavy atom. The number of non-ortho nitro benzene ring substituents is 1. The maximum Gasteiger partial charge on any atom is 0.301 e. The largest absolute Gasteiger partial charge is 0.489 e. The molecule has 0 radical (unpaired) electrons. The number of nitrogens with zero attached hydrogens (tertiary/aromatic N) is 3. The van der Waals surface area contributed by atoms with Crippen molar-refractivity contribution in [2.45, 2.75) is 32.2 Å². The third-order valence-electron chi connectivity index (χ3n) is 3.48. The zero-order valence-corrected chi connectivity index (χ0v) is 11.3. The molecule has 20 heavy (non-hydrogen) atoms. The van der Waals surface area contributed by atoms with E-state index in [1.165, 1.54) is 12.1 Å². The van der Waals surface area contributed by atoms with E-state index in [0.717, 1.165) is 12.8 Å². The van der Waals surface area contributed by atoms with E-state index in [4.69, 9.17) is 10.5 Å². The number of nitro benzene ring substituents is 1. The highest BCUT2D eigenvalue weighted by molar-refractivity contribution is 5.88. The molecular formula is C12H16N4O4. The lowest BCUT2D eigenvalue weighted by Crippen LogP contribution is -2.44. The average Bonchev–Trinajstić information content (AvgIpc) is 2.93. The standard InChI is InChI=1S/C12H16N4O4/c1-3-12(13,4-2)7-19-9-6-5-8(16(17)18)10-11(9)15-20-14-10/h5-6H,3-4,7,13H2,1-2H3. The highest BCUT2D eigenvalue weighted by Gasteiger charge is 2.24. The van der Waals surface area contributed by atoms with Crippen molar-refractivity contribution < 1.29 is 14.3 Å². The van der Waals surface area contributed by atoms with Crippen molar-refractivity contribution in [1.82, 2.24) is 10.3 Å². The van der Waals surface area contributed by atoms with E-state index in [1.54, 1.807) is 0 Å². The van der Waals surface area contributed by atoms with Crippen LogP contribution in [0.5, 0.6) is 5.75 Å². The zero-order valence-electron chi connectivity index (χ0n) is 11.3. The van der Waals surface area contributed by atoms with Gasteiger partial charge in [0.05, 0.1) is 4.92 Å². The van der Waals surface area contributed by atoms with Gasteiger partial charge in [-0.05, 0) is 29.2 Å². The summed E-state index contributed by atoms with van der Waals surface area (Å²) in [5.41, 5.74) is 5.84. The normalized spacial score (nSPS) is 11.8. The van der Waals surface area contributed by atoms with Crippen molar-refractivity contribution >= 4 is 16.7 Å². The van der Waals surface area contributed by atoms with Crippen LogP contribution in [0.1, 0.15) is 26.7 Å². The highest BCUT2D eigenvalue weighted by Crippen LogP contribution is 2.30. The molecule has 0 amide bonds. The number of ether oxygens (including phenoxy) is 1. The molecule has 0 unspecified atom stereocenters. The van der Waals surface area contributed by atoms with Gasteiger partial charge in [-0.1, -0.05) is 13.8 Å². The number of benzene rings is 1. The summed E-state index contributed by atoms with van der Waals surface area (Å²) in [5, 5.41) is 18.1. The number of nitrogens with two attached hydrogens (primary N) is 1. The first-order chi connectivity index (χ1) is 9.50. The summed E-state index contributed by atoms with van der Waals surface area (Å²) in [7, 11) is 0. The van der Waals surface area contributed by atoms with Crippen LogP contribution in [-0.4, -0.2) is 27.4 Å². The van der Waals surface area contributed by atoms with Crippen molar-refractivity contribution in [3.05, 3.63) is 22.2 Å². The molecule has 8 nitrogen and oxygen atoms in total. The van der Waals surface area contributed by atoms with Crippen LogP contribution >= 0.6 is 0 Å². The Bertz CT molecular complexity index is 621. The lowest BCUT2D eigenvalue weighted by atomic mass is 9.96. The maximum atomic E-state index is 10.9.